The Morgan fingerprint density at radius 2 is 1.79 bits per heavy atom. The van der Waals surface area contributed by atoms with Crippen molar-refractivity contribution < 1.29 is 19.4 Å². The Labute approximate surface area is 141 Å². The molecule has 2 N–H and O–H groups in total. The van der Waals surface area contributed by atoms with Gasteiger partial charge in [-0.15, -0.1) is 0 Å². The molecule has 2 aromatic rings. The quantitative estimate of drug-likeness (QED) is 0.828. The second-order valence-corrected chi connectivity index (χ2v) is 5.71. The first-order valence-corrected chi connectivity index (χ1v) is 7.69. The van der Waals surface area contributed by atoms with Crippen molar-refractivity contribution in [1.29, 1.82) is 0 Å². The van der Waals surface area contributed by atoms with Crippen molar-refractivity contribution in [2.45, 2.75) is 33.5 Å². The van der Waals surface area contributed by atoms with E-state index in [1.807, 2.05) is 32.0 Å². The van der Waals surface area contributed by atoms with Gasteiger partial charge < -0.3 is 15.2 Å². The third kappa shape index (κ3) is 4.43. The van der Waals surface area contributed by atoms with E-state index in [4.69, 9.17) is 9.84 Å². The first kappa shape index (κ1) is 17.7. The summed E-state index contributed by atoms with van der Waals surface area (Å²) < 4.78 is 5.20. The van der Waals surface area contributed by atoms with Crippen LogP contribution in [0.25, 0.3) is 0 Å². The summed E-state index contributed by atoms with van der Waals surface area (Å²) in [4.78, 5) is 24.3. The fourth-order valence-corrected chi connectivity index (χ4v) is 2.13. The van der Waals surface area contributed by atoms with E-state index < -0.39 is 12.1 Å². The fraction of sp³-hybridized carbons (Fsp3) is 0.263. The maximum absolute atomic E-state index is 12.2. The van der Waals surface area contributed by atoms with Crippen molar-refractivity contribution >= 4 is 17.6 Å². The first-order chi connectivity index (χ1) is 11.4. The molecule has 24 heavy (non-hydrogen) atoms. The highest BCUT2D eigenvalue weighted by atomic mass is 16.5. The summed E-state index contributed by atoms with van der Waals surface area (Å²) in [5.74, 6) is -0.966. The topological polar surface area (TPSA) is 75.6 Å². The van der Waals surface area contributed by atoms with Gasteiger partial charge in [0.1, 0.15) is 0 Å². The third-order valence-corrected chi connectivity index (χ3v) is 3.68. The standard InChI is InChI=1S/C19H21NO4/c1-12-4-5-13(2)17(10-12)20-18(22)14(3)24-19(23)16-8-6-15(11-21)7-9-16/h4-10,14,21H,11H2,1-3H3,(H,20,22)/t14-/m0/s1. The van der Waals surface area contributed by atoms with Gasteiger partial charge >= 0.3 is 5.97 Å². The van der Waals surface area contributed by atoms with E-state index in [0.717, 1.165) is 11.1 Å². The molecule has 0 saturated heterocycles. The molecule has 0 aliphatic carbocycles. The summed E-state index contributed by atoms with van der Waals surface area (Å²) in [6, 6.07) is 12.1. The summed E-state index contributed by atoms with van der Waals surface area (Å²) >= 11 is 0. The number of aliphatic hydroxyl groups excluding tert-OH is 1. The summed E-state index contributed by atoms with van der Waals surface area (Å²) in [7, 11) is 0. The van der Waals surface area contributed by atoms with E-state index in [1.165, 1.54) is 6.92 Å². The second kappa shape index (κ2) is 7.75. The van der Waals surface area contributed by atoms with Crippen molar-refractivity contribution in [3.8, 4) is 0 Å². The summed E-state index contributed by atoms with van der Waals surface area (Å²) in [6.45, 7) is 5.27. The molecule has 2 aromatic carbocycles. The molecule has 2 rings (SSSR count). The van der Waals surface area contributed by atoms with Crippen LogP contribution in [0.15, 0.2) is 42.5 Å². The number of aliphatic hydroxyl groups is 1. The molecule has 0 spiro atoms. The molecular formula is C19H21NO4. The van der Waals surface area contributed by atoms with Crippen molar-refractivity contribution in [3.05, 3.63) is 64.7 Å². The number of carbonyl (C=O) groups excluding carboxylic acids is 2. The van der Waals surface area contributed by atoms with E-state index in [-0.39, 0.29) is 12.5 Å². The summed E-state index contributed by atoms with van der Waals surface area (Å²) in [5.41, 5.74) is 3.71. The number of aryl methyl sites for hydroxylation is 2. The molecule has 0 radical (unpaired) electrons. The number of hydrogen-bond acceptors (Lipinski definition) is 4. The lowest BCUT2D eigenvalue weighted by atomic mass is 10.1. The molecule has 1 amide bonds. The third-order valence-electron chi connectivity index (χ3n) is 3.68. The van der Waals surface area contributed by atoms with Gasteiger partial charge in [0, 0.05) is 5.69 Å². The van der Waals surface area contributed by atoms with Crippen LogP contribution in [-0.2, 0) is 16.1 Å². The molecule has 0 aliphatic rings. The fourth-order valence-electron chi connectivity index (χ4n) is 2.13. The molecule has 126 valence electrons. The second-order valence-electron chi connectivity index (χ2n) is 5.71. The number of esters is 1. The maximum atomic E-state index is 12.2. The van der Waals surface area contributed by atoms with Crippen molar-refractivity contribution in [3.63, 3.8) is 0 Å². The molecule has 0 saturated carbocycles. The van der Waals surface area contributed by atoms with Crippen LogP contribution in [0.4, 0.5) is 5.69 Å². The van der Waals surface area contributed by atoms with Gasteiger partial charge in [-0.3, -0.25) is 4.79 Å². The predicted octanol–water partition coefficient (Wildman–Crippen LogP) is 2.98. The lowest BCUT2D eigenvalue weighted by molar-refractivity contribution is -0.123. The predicted molar refractivity (Wildman–Crippen MR) is 91.8 cm³/mol. The Morgan fingerprint density at radius 1 is 1.12 bits per heavy atom. The van der Waals surface area contributed by atoms with E-state index in [1.54, 1.807) is 24.3 Å². The molecule has 0 aromatic heterocycles. The minimum absolute atomic E-state index is 0.0933. The van der Waals surface area contributed by atoms with Crippen LogP contribution in [-0.4, -0.2) is 23.1 Å². The highest BCUT2D eigenvalue weighted by Crippen LogP contribution is 2.17. The monoisotopic (exact) mass is 327 g/mol. The number of hydrogen-bond donors (Lipinski definition) is 2. The smallest absolute Gasteiger partial charge is 0.338 e. The molecule has 5 nitrogen and oxygen atoms in total. The van der Waals surface area contributed by atoms with Crippen LogP contribution >= 0.6 is 0 Å². The van der Waals surface area contributed by atoms with Crippen molar-refractivity contribution in [2.75, 3.05) is 5.32 Å². The zero-order chi connectivity index (χ0) is 17.7. The average molecular weight is 327 g/mol. The van der Waals surface area contributed by atoms with Crippen LogP contribution in [0, 0.1) is 13.8 Å². The van der Waals surface area contributed by atoms with Crippen LogP contribution in [0.3, 0.4) is 0 Å². The largest absolute Gasteiger partial charge is 0.449 e. The molecule has 0 fully saturated rings. The van der Waals surface area contributed by atoms with Crippen LogP contribution in [0.5, 0.6) is 0 Å². The van der Waals surface area contributed by atoms with E-state index in [0.29, 0.717) is 16.8 Å². The van der Waals surface area contributed by atoms with Gasteiger partial charge in [-0.05, 0) is 55.7 Å². The maximum Gasteiger partial charge on any atom is 0.338 e. The van der Waals surface area contributed by atoms with E-state index in [2.05, 4.69) is 5.32 Å². The summed E-state index contributed by atoms with van der Waals surface area (Å²) in [6.07, 6.45) is -0.921. The van der Waals surface area contributed by atoms with Crippen LogP contribution < -0.4 is 5.32 Å². The Balaban J connectivity index is 1.99. The zero-order valence-electron chi connectivity index (χ0n) is 14.0. The van der Waals surface area contributed by atoms with Gasteiger partial charge in [0.05, 0.1) is 12.2 Å². The minimum atomic E-state index is -0.921. The number of nitrogens with one attached hydrogen (secondary N) is 1. The Bertz CT molecular complexity index is 738. The first-order valence-electron chi connectivity index (χ1n) is 7.69. The van der Waals surface area contributed by atoms with Crippen molar-refractivity contribution in [1.82, 2.24) is 0 Å². The highest BCUT2D eigenvalue weighted by molar-refractivity contribution is 5.97. The Morgan fingerprint density at radius 3 is 2.42 bits per heavy atom. The molecule has 0 unspecified atom stereocenters. The van der Waals surface area contributed by atoms with E-state index in [9.17, 15) is 9.59 Å². The Kier molecular flexibility index (Phi) is 5.71. The molecule has 0 heterocycles. The van der Waals surface area contributed by atoms with Gasteiger partial charge in [-0.1, -0.05) is 24.3 Å². The molecule has 0 aliphatic heterocycles. The zero-order valence-corrected chi connectivity index (χ0v) is 14.0. The minimum Gasteiger partial charge on any atom is -0.449 e. The number of ether oxygens (including phenoxy) is 1. The number of anilines is 1. The van der Waals surface area contributed by atoms with Crippen molar-refractivity contribution in [2.24, 2.45) is 0 Å². The SMILES string of the molecule is Cc1ccc(C)c(NC(=O)[C@H](C)OC(=O)c2ccc(CO)cc2)c1. The highest BCUT2D eigenvalue weighted by Gasteiger charge is 2.19. The van der Waals surface area contributed by atoms with Gasteiger partial charge in [-0.2, -0.15) is 0 Å². The van der Waals surface area contributed by atoms with Crippen LogP contribution in [0.2, 0.25) is 0 Å². The normalized spacial score (nSPS) is 11.7. The average Bonchev–Trinajstić information content (AvgIpc) is 2.58. The molecule has 1 atom stereocenters. The number of amides is 1. The molecule has 0 bridgehead atoms. The Hall–Kier alpha value is -2.66. The van der Waals surface area contributed by atoms with Gasteiger partial charge in [0.2, 0.25) is 0 Å². The lowest BCUT2D eigenvalue weighted by Gasteiger charge is -2.15. The van der Waals surface area contributed by atoms with Gasteiger partial charge in [0.25, 0.3) is 5.91 Å². The number of benzene rings is 2. The van der Waals surface area contributed by atoms with Crippen LogP contribution in [0.1, 0.15) is 34.0 Å². The lowest BCUT2D eigenvalue weighted by Crippen LogP contribution is -2.30. The number of rotatable bonds is 5. The van der Waals surface area contributed by atoms with Gasteiger partial charge in [-0.25, -0.2) is 4.79 Å². The number of carbonyl (C=O) groups is 2. The molecular weight excluding hydrogens is 306 g/mol. The molecule has 5 heteroatoms. The van der Waals surface area contributed by atoms with E-state index >= 15 is 0 Å². The van der Waals surface area contributed by atoms with Gasteiger partial charge in [0.15, 0.2) is 6.10 Å². The summed E-state index contributed by atoms with van der Waals surface area (Å²) in [5, 5.41) is 11.8.